The molecule has 1 amide bonds. The topological polar surface area (TPSA) is 64.6 Å². The van der Waals surface area contributed by atoms with Crippen LogP contribution in [-0.2, 0) is 27.2 Å². The highest BCUT2D eigenvalue weighted by atomic mass is 79.9. The van der Waals surface area contributed by atoms with Gasteiger partial charge in [0, 0.05) is 12.8 Å². The van der Waals surface area contributed by atoms with Crippen LogP contribution in [-0.4, -0.2) is 32.1 Å². The number of halogens is 1. The van der Waals surface area contributed by atoms with Gasteiger partial charge in [-0.2, -0.15) is 0 Å². The van der Waals surface area contributed by atoms with E-state index in [2.05, 4.69) is 21.2 Å². The molecule has 0 atom stereocenters. The number of carbonyl (C=O) groups is 2. The molecule has 5 nitrogen and oxygen atoms in total. The largest absolute Gasteiger partial charge is 0.496 e. The molecule has 0 saturated carbocycles. The number of rotatable bonds is 10. The van der Waals surface area contributed by atoms with Gasteiger partial charge in [-0.3, -0.25) is 9.59 Å². The molecule has 0 fully saturated rings. The molecule has 2 aromatic rings. The molecule has 0 radical (unpaired) electrons. The highest BCUT2D eigenvalue weighted by molar-refractivity contribution is 9.10. The van der Waals surface area contributed by atoms with E-state index >= 15 is 0 Å². The van der Waals surface area contributed by atoms with E-state index in [1.54, 1.807) is 7.11 Å². The van der Waals surface area contributed by atoms with Crippen LogP contribution in [0.1, 0.15) is 29.5 Å². The second kappa shape index (κ2) is 11.5. The van der Waals surface area contributed by atoms with E-state index in [0.717, 1.165) is 21.3 Å². The van der Waals surface area contributed by atoms with E-state index in [1.165, 1.54) is 5.56 Å². The number of benzene rings is 2. The van der Waals surface area contributed by atoms with Crippen molar-refractivity contribution in [1.82, 2.24) is 5.32 Å². The Morgan fingerprint density at radius 3 is 2.36 bits per heavy atom. The van der Waals surface area contributed by atoms with Crippen molar-refractivity contribution >= 4 is 27.8 Å². The van der Waals surface area contributed by atoms with Gasteiger partial charge in [0.2, 0.25) is 5.91 Å². The van der Waals surface area contributed by atoms with Crippen LogP contribution in [0.2, 0.25) is 0 Å². The molecule has 0 unspecified atom stereocenters. The summed E-state index contributed by atoms with van der Waals surface area (Å²) in [5.41, 5.74) is 3.36. The first-order valence-electron chi connectivity index (χ1n) is 9.28. The molecule has 0 spiro atoms. The summed E-state index contributed by atoms with van der Waals surface area (Å²) in [5, 5.41) is 2.78. The Bertz CT molecular complexity index is 790. The average Bonchev–Trinajstić information content (AvgIpc) is 2.69. The zero-order valence-corrected chi connectivity index (χ0v) is 17.9. The Morgan fingerprint density at radius 1 is 1.00 bits per heavy atom. The molecule has 0 bridgehead atoms. The van der Waals surface area contributed by atoms with E-state index < -0.39 is 0 Å². The molecule has 0 aliphatic carbocycles. The van der Waals surface area contributed by atoms with Crippen LogP contribution in [0, 0.1) is 6.92 Å². The minimum atomic E-state index is -0.277. The third-order valence-corrected chi connectivity index (χ3v) is 4.90. The third kappa shape index (κ3) is 7.72. The molecular formula is C22H26BrNO4. The van der Waals surface area contributed by atoms with Crippen molar-refractivity contribution in [3.8, 4) is 5.75 Å². The second-order valence-electron chi connectivity index (χ2n) is 6.52. The highest BCUT2D eigenvalue weighted by Crippen LogP contribution is 2.25. The molecule has 0 aromatic heterocycles. The van der Waals surface area contributed by atoms with Gasteiger partial charge in [0.05, 0.1) is 18.1 Å². The summed E-state index contributed by atoms with van der Waals surface area (Å²) >= 11 is 3.43. The van der Waals surface area contributed by atoms with Crippen LogP contribution < -0.4 is 10.1 Å². The smallest absolute Gasteiger partial charge is 0.306 e. The zero-order valence-electron chi connectivity index (χ0n) is 16.3. The predicted molar refractivity (Wildman–Crippen MR) is 112 cm³/mol. The number of aryl methyl sites for hydroxylation is 3. The molecule has 28 heavy (non-hydrogen) atoms. The monoisotopic (exact) mass is 447 g/mol. The Labute approximate surface area is 174 Å². The number of hydrogen-bond acceptors (Lipinski definition) is 4. The summed E-state index contributed by atoms with van der Waals surface area (Å²) in [6, 6.07) is 13.9. The van der Waals surface area contributed by atoms with Gasteiger partial charge in [0.1, 0.15) is 12.4 Å². The standard InChI is InChI=1S/C22H26BrNO4/c1-16-3-5-17(6-4-16)8-11-21(25)24-13-14-28-22(26)12-9-18-7-10-20(27-2)19(23)15-18/h3-7,10,15H,8-9,11-14H2,1-2H3,(H,24,25). The fraction of sp³-hybridized carbons (Fsp3) is 0.364. The van der Waals surface area contributed by atoms with Crippen molar-refractivity contribution in [2.24, 2.45) is 0 Å². The molecule has 2 rings (SSSR count). The van der Waals surface area contributed by atoms with E-state index in [4.69, 9.17) is 9.47 Å². The second-order valence-corrected chi connectivity index (χ2v) is 7.38. The lowest BCUT2D eigenvalue weighted by atomic mass is 10.1. The molecule has 0 aliphatic heterocycles. The predicted octanol–water partition coefficient (Wildman–Crippen LogP) is 3.99. The summed E-state index contributed by atoms with van der Waals surface area (Å²) in [6.45, 7) is 2.54. The van der Waals surface area contributed by atoms with Crippen molar-refractivity contribution in [2.45, 2.75) is 32.6 Å². The quantitative estimate of drug-likeness (QED) is 0.441. The van der Waals surface area contributed by atoms with Gasteiger partial charge in [0.25, 0.3) is 0 Å². The number of amides is 1. The molecule has 2 aromatic carbocycles. The molecule has 0 aliphatic rings. The summed E-state index contributed by atoms with van der Waals surface area (Å²) in [7, 11) is 1.61. The number of esters is 1. The fourth-order valence-electron chi connectivity index (χ4n) is 2.64. The van der Waals surface area contributed by atoms with Crippen LogP contribution in [0.4, 0.5) is 0 Å². The van der Waals surface area contributed by atoms with Crippen molar-refractivity contribution in [3.05, 3.63) is 63.6 Å². The molecule has 0 heterocycles. The number of nitrogens with one attached hydrogen (secondary N) is 1. The summed E-state index contributed by atoms with van der Waals surface area (Å²) in [6.07, 6.45) is 2.00. The maximum absolute atomic E-state index is 11.9. The number of ether oxygens (including phenoxy) is 2. The van der Waals surface area contributed by atoms with Crippen molar-refractivity contribution in [2.75, 3.05) is 20.3 Å². The Kier molecular flexibility index (Phi) is 9.01. The maximum atomic E-state index is 11.9. The van der Waals surface area contributed by atoms with Crippen molar-refractivity contribution in [1.29, 1.82) is 0 Å². The van der Waals surface area contributed by atoms with Gasteiger partial charge in [-0.05, 0) is 59.0 Å². The first kappa shape index (κ1) is 22.0. The normalized spacial score (nSPS) is 10.4. The average molecular weight is 448 g/mol. The first-order valence-corrected chi connectivity index (χ1v) is 10.1. The Morgan fingerprint density at radius 2 is 1.68 bits per heavy atom. The van der Waals surface area contributed by atoms with E-state index in [0.29, 0.717) is 32.2 Å². The van der Waals surface area contributed by atoms with Gasteiger partial charge in [-0.25, -0.2) is 0 Å². The van der Waals surface area contributed by atoms with Crippen LogP contribution >= 0.6 is 15.9 Å². The van der Waals surface area contributed by atoms with Crippen LogP contribution in [0.5, 0.6) is 5.75 Å². The molecule has 150 valence electrons. The van der Waals surface area contributed by atoms with Gasteiger partial charge in [-0.15, -0.1) is 0 Å². The van der Waals surface area contributed by atoms with Crippen LogP contribution in [0.25, 0.3) is 0 Å². The summed E-state index contributed by atoms with van der Waals surface area (Å²) in [4.78, 5) is 23.7. The minimum Gasteiger partial charge on any atom is -0.496 e. The van der Waals surface area contributed by atoms with E-state index in [-0.39, 0.29) is 18.5 Å². The van der Waals surface area contributed by atoms with Crippen LogP contribution in [0.3, 0.4) is 0 Å². The molecule has 6 heteroatoms. The lowest BCUT2D eigenvalue weighted by molar-refractivity contribution is -0.143. The Balaban J connectivity index is 1.58. The third-order valence-electron chi connectivity index (χ3n) is 4.28. The maximum Gasteiger partial charge on any atom is 0.306 e. The fourth-order valence-corrected chi connectivity index (χ4v) is 3.23. The van der Waals surface area contributed by atoms with Crippen LogP contribution in [0.15, 0.2) is 46.9 Å². The Hall–Kier alpha value is -2.34. The minimum absolute atomic E-state index is 0.0419. The molecule has 1 N–H and O–H groups in total. The molecular weight excluding hydrogens is 422 g/mol. The first-order chi connectivity index (χ1) is 13.5. The zero-order chi connectivity index (χ0) is 20.4. The van der Waals surface area contributed by atoms with Crippen molar-refractivity contribution in [3.63, 3.8) is 0 Å². The van der Waals surface area contributed by atoms with Gasteiger partial charge < -0.3 is 14.8 Å². The summed E-state index contributed by atoms with van der Waals surface area (Å²) in [5.74, 6) is 0.435. The lowest BCUT2D eigenvalue weighted by Gasteiger charge is -2.08. The highest BCUT2D eigenvalue weighted by Gasteiger charge is 2.07. The summed E-state index contributed by atoms with van der Waals surface area (Å²) < 4.78 is 11.2. The lowest BCUT2D eigenvalue weighted by Crippen LogP contribution is -2.28. The number of hydrogen-bond donors (Lipinski definition) is 1. The van der Waals surface area contributed by atoms with Gasteiger partial charge in [-0.1, -0.05) is 35.9 Å². The van der Waals surface area contributed by atoms with E-state index in [9.17, 15) is 9.59 Å². The molecule has 0 saturated heterocycles. The number of carbonyl (C=O) groups excluding carboxylic acids is 2. The van der Waals surface area contributed by atoms with Gasteiger partial charge in [0.15, 0.2) is 0 Å². The number of methoxy groups -OCH3 is 1. The van der Waals surface area contributed by atoms with Crippen molar-refractivity contribution < 1.29 is 19.1 Å². The SMILES string of the molecule is COc1ccc(CCC(=O)OCCNC(=O)CCc2ccc(C)cc2)cc1Br. The van der Waals surface area contributed by atoms with Gasteiger partial charge >= 0.3 is 5.97 Å². The van der Waals surface area contributed by atoms with E-state index in [1.807, 2.05) is 49.4 Å².